The van der Waals surface area contributed by atoms with Gasteiger partial charge in [0.2, 0.25) is 0 Å². The summed E-state index contributed by atoms with van der Waals surface area (Å²) in [6.45, 7) is 1.04. The Balaban J connectivity index is 4.19. The first-order chi connectivity index (χ1) is 3.50. The maximum atomic E-state index is 10.1. The number of carbonyl (C=O) groups is 1. The first kappa shape index (κ1) is 2.35. The highest BCUT2D eigenvalue weighted by atomic mass is 16.1. The molecule has 0 rings (SSSR count). The number of hydrogen-bond donors (Lipinski definition) is 0. The summed E-state index contributed by atoms with van der Waals surface area (Å²) < 4.78 is 13.2. The van der Waals surface area contributed by atoms with Crippen LogP contribution in [0, 0.1) is 11.3 Å². The van der Waals surface area contributed by atoms with Crippen molar-refractivity contribution in [1.29, 1.82) is 5.26 Å². The molecular weight excluding hydrogens is 78.0 g/mol. The van der Waals surface area contributed by atoms with Gasteiger partial charge in [0, 0.05) is 0 Å². The van der Waals surface area contributed by atoms with Crippen molar-refractivity contribution >= 4 is 5.78 Å². The van der Waals surface area contributed by atoms with Crippen LogP contribution in [-0.4, -0.2) is 5.78 Å². The quantitative estimate of drug-likeness (QED) is 0.465. The topological polar surface area (TPSA) is 40.9 Å². The molecule has 0 aliphatic rings. The molecule has 0 unspecified atom stereocenters. The van der Waals surface area contributed by atoms with Crippen LogP contribution in [-0.2, 0) is 4.79 Å². The average molecular weight is 85.1 g/mol. The van der Waals surface area contributed by atoms with E-state index in [0.29, 0.717) is 0 Å². The Hall–Kier alpha value is -0.840. The summed E-state index contributed by atoms with van der Waals surface area (Å²) >= 11 is 0. The van der Waals surface area contributed by atoms with Crippen molar-refractivity contribution in [3.63, 3.8) is 0 Å². The third-order valence-corrected chi connectivity index (χ3v) is 0.232. The van der Waals surface area contributed by atoms with E-state index in [9.17, 15) is 4.79 Å². The number of hydrogen-bond acceptors (Lipinski definition) is 2. The third-order valence-electron chi connectivity index (χ3n) is 0.232. The summed E-state index contributed by atoms with van der Waals surface area (Å²) in [7, 11) is 0. The molecule has 2 nitrogen and oxygen atoms in total. The van der Waals surface area contributed by atoms with Crippen LogP contribution in [0.15, 0.2) is 0 Å². The van der Waals surface area contributed by atoms with Crippen LogP contribution in [0.1, 0.15) is 16.0 Å². The number of Topliss-reactive ketones (excluding diaryl/α,β-unsaturated/α-hetero) is 1. The van der Waals surface area contributed by atoms with Crippen LogP contribution in [0.2, 0.25) is 0 Å². The van der Waals surface area contributed by atoms with Gasteiger partial charge in [0.05, 0.1) is 15.2 Å². The van der Waals surface area contributed by atoms with Gasteiger partial charge in [0.1, 0.15) is 5.78 Å². The molecule has 0 aromatic heterocycles. The zero-order valence-electron chi connectivity index (χ0n) is 5.36. The lowest BCUT2D eigenvalue weighted by molar-refractivity contribution is -0.116. The molecule has 0 aromatic rings. The van der Waals surface area contributed by atoms with Crippen molar-refractivity contribution in [2.24, 2.45) is 0 Å². The van der Waals surface area contributed by atoms with Crippen molar-refractivity contribution in [2.75, 3.05) is 0 Å². The Morgan fingerprint density at radius 2 is 2.83 bits per heavy atom. The highest BCUT2D eigenvalue weighted by Crippen LogP contribution is 1.72. The molecule has 0 N–H and O–H groups in total. The first-order valence-electron chi connectivity index (χ1n) is 2.43. The van der Waals surface area contributed by atoms with Crippen molar-refractivity contribution in [3.05, 3.63) is 0 Å². The molecule has 32 valence electrons. The van der Waals surface area contributed by atoms with E-state index < -0.39 is 12.2 Å². The lowest BCUT2D eigenvalue weighted by atomic mass is 10.3. The SMILES string of the molecule is [2H]C([2H])(C#N)C(C)=O. The fourth-order valence-electron chi connectivity index (χ4n) is 0.0787. The average Bonchev–Trinajstić information content (AvgIpc) is 1.67. The molecule has 0 saturated heterocycles. The number of nitriles is 1. The smallest absolute Gasteiger partial charge is 0.143 e. The van der Waals surface area contributed by atoms with Gasteiger partial charge in [0.15, 0.2) is 0 Å². The van der Waals surface area contributed by atoms with Crippen molar-refractivity contribution < 1.29 is 7.54 Å². The van der Waals surface area contributed by atoms with Crippen molar-refractivity contribution in [2.45, 2.75) is 13.3 Å². The summed E-state index contributed by atoms with van der Waals surface area (Å²) in [5.41, 5.74) is 0. The molecular formula is C4H5NO. The Bertz CT molecular complexity index is 147. The van der Waals surface area contributed by atoms with E-state index in [1.54, 1.807) is 0 Å². The molecule has 0 atom stereocenters. The molecule has 0 heterocycles. The van der Waals surface area contributed by atoms with E-state index in [1.807, 2.05) is 0 Å². The molecule has 0 aliphatic heterocycles. The predicted molar refractivity (Wildman–Crippen MR) is 20.9 cm³/mol. The minimum atomic E-state index is -2.29. The fraction of sp³-hybridized carbons (Fsp3) is 0.500. The summed E-state index contributed by atoms with van der Waals surface area (Å²) in [5, 5.41) is 7.92. The molecule has 0 radical (unpaired) electrons. The fourth-order valence-corrected chi connectivity index (χ4v) is 0.0787. The molecule has 0 amide bonds. The summed E-state index contributed by atoms with van der Waals surface area (Å²) in [6.07, 6.45) is -2.29. The molecule has 6 heavy (non-hydrogen) atoms. The van der Waals surface area contributed by atoms with E-state index in [1.165, 1.54) is 6.07 Å². The highest BCUT2D eigenvalue weighted by molar-refractivity contribution is 5.77. The summed E-state index contributed by atoms with van der Waals surface area (Å²) in [5.74, 6) is -0.750. The molecule has 0 aromatic carbocycles. The lowest BCUT2D eigenvalue weighted by Gasteiger charge is -1.69. The minimum Gasteiger partial charge on any atom is -0.299 e. The van der Waals surface area contributed by atoms with Crippen LogP contribution in [0.25, 0.3) is 0 Å². The van der Waals surface area contributed by atoms with E-state index in [2.05, 4.69) is 0 Å². The van der Waals surface area contributed by atoms with Gasteiger partial charge in [-0.05, 0) is 6.92 Å². The van der Waals surface area contributed by atoms with Gasteiger partial charge in [-0.1, -0.05) is 0 Å². The third kappa shape index (κ3) is 3.16. The van der Waals surface area contributed by atoms with Gasteiger partial charge in [-0.3, -0.25) is 4.79 Å². The van der Waals surface area contributed by atoms with Gasteiger partial charge >= 0.3 is 0 Å². The predicted octanol–water partition coefficient (Wildman–Crippen LogP) is 0.489. The largest absolute Gasteiger partial charge is 0.299 e. The van der Waals surface area contributed by atoms with E-state index in [0.717, 1.165) is 6.92 Å². The van der Waals surface area contributed by atoms with Crippen LogP contribution in [0.4, 0.5) is 0 Å². The lowest BCUT2D eigenvalue weighted by Crippen LogP contribution is -1.82. The monoisotopic (exact) mass is 85.0 g/mol. The molecule has 0 bridgehead atoms. The second-order valence-corrected chi connectivity index (χ2v) is 0.793. The number of nitrogens with zero attached hydrogens (tertiary/aromatic N) is 1. The second-order valence-electron chi connectivity index (χ2n) is 0.793. The van der Waals surface area contributed by atoms with Crippen LogP contribution in [0.3, 0.4) is 0 Å². The van der Waals surface area contributed by atoms with Crippen LogP contribution in [0.5, 0.6) is 0 Å². The van der Waals surface area contributed by atoms with Gasteiger partial charge in [0.25, 0.3) is 0 Å². The van der Waals surface area contributed by atoms with Crippen LogP contribution >= 0.6 is 0 Å². The van der Waals surface area contributed by atoms with Crippen LogP contribution < -0.4 is 0 Å². The van der Waals surface area contributed by atoms with E-state index >= 15 is 0 Å². The van der Waals surface area contributed by atoms with Gasteiger partial charge in [-0.25, -0.2) is 0 Å². The normalized spacial score (nSPS) is 14.0. The van der Waals surface area contributed by atoms with Gasteiger partial charge in [-0.15, -0.1) is 0 Å². The Labute approximate surface area is 39.2 Å². The maximum absolute atomic E-state index is 10.1. The first-order valence-corrected chi connectivity index (χ1v) is 1.43. The molecule has 0 aliphatic carbocycles. The maximum Gasteiger partial charge on any atom is 0.143 e. The standard InChI is InChI=1S/C4H5NO/c1-4(6)2-3-5/h2H2,1H3/i2D2. The van der Waals surface area contributed by atoms with E-state index in [-0.39, 0.29) is 0 Å². The summed E-state index contributed by atoms with van der Waals surface area (Å²) in [4.78, 5) is 10.1. The number of ketones is 1. The second kappa shape index (κ2) is 2.40. The zero-order chi connectivity index (χ0) is 6.78. The zero-order valence-corrected chi connectivity index (χ0v) is 3.36. The van der Waals surface area contributed by atoms with Crippen molar-refractivity contribution in [1.82, 2.24) is 0 Å². The van der Waals surface area contributed by atoms with Gasteiger partial charge in [-0.2, -0.15) is 5.26 Å². The van der Waals surface area contributed by atoms with Crippen molar-refractivity contribution in [3.8, 4) is 6.07 Å². The molecule has 0 fully saturated rings. The molecule has 0 spiro atoms. The highest BCUT2D eigenvalue weighted by Gasteiger charge is 1.83. The molecule has 2 heteroatoms. The van der Waals surface area contributed by atoms with E-state index in [4.69, 9.17) is 8.00 Å². The Kier molecular flexibility index (Phi) is 0.941. The molecule has 0 saturated carbocycles. The number of rotatable bonds is 1. The Morgan fingerprint density at radius 3 is 2.83 bits per heavy atom. The van der Waals surface area contributed by atoms with Gasteiger partial charge < -0.3 is 0 Å². The number of carbonyl (C=O) groups excluding carboxylic acids is 1. The Morgan fingerprint density at radius 1 is 2.33 bits per heavy atom. The minimum absolute atomic E-state index is 0.750. The summed E-state index contributed by atoms with van der Waals surface area (Å²) in [6, 6.07) is 1.22.